The molecule has 17 nitrogen and oxygen atoms in total. The zero-order valence-corrected chi connectivity index (χ0v) is 34.5. The summed E-state index contributed by atoms with van der Waals surface area (Å²) in [5.74, 6) is -2.62. The highest BCUT2D eigenvalue weighted by atomic mass is 28.4. The number of methoxy groups -OCH3 is 3. The summed E-state index contributed by atoms with van der Waals surface area (Å²) >= 11 is 0. The minimum absolute atomic E-state index is 0.0347. The number of hydrogen-bond donors (Lipinski definition) is 5. The molecule has 0 amide bonds. The monoisotopic (exact) mass is 824 g/mol. The van der Waals surface area contributed by atoms with Crippen molar-refractivity contribution >= 4 is 26.2 Å². The second-order valence-corrected chi connectivity index (χ2v) is 21.9. The molecule has 0 unspecified atom stereocenters. The smallest absolute Gasteiger partial charge is 0.337 e. The minimum Gasteiger partial charge on any atom is -0.473 e. The van der Waals surface area contributed by atoms with E-state index in [4.69, 9.17) is 38.0 Å². The first-order valence-corrected chi connectivity index (χ1v) is 22.0. The molecule has 0 aromatic rings. The van der Waals surface area contributed by atoms with Crippen molar-refractivity contribution in [2.75, 3.05) is 41.2 Å². The maximum absolute atomic E-state index is 12.1. The van der Waals surface area contributed by atoms with Crippen molar-refractivity contribution in [3.63, 3.8) is 0 Å². The van der Waals surface area contributed by atoms with Crippen LogP contribution in [0.4, 0.5) is 0 Å². The molecule has 13 atom stereocenters. The molecule has 8 aliphatic rings. The topological polar surface area (TPSA) is 242 Å². The molecule has 4 fully saturated rings. The molecule has 2 saturated carbocycles. The molecule has 0 spiro atoms. The van der Waals surface area contributed by atoms with E-state index in [1.165, 1.54) is 40.1 Å². The molecule has 57 heavy (non-hydrogen) atoms. The van der Waals surface area contributed by atoms with Gasteiger partial charge in [-0.25, -0.2) is 14.4 Å². The third-order valence-corrected chi connectivity index (χ3v) is 17.8. The second kappa shape index (κ2) is 16.0. The van der Waals surface area contributed by atoms with Crippen molar-refractivity contribution in [3.8, 4) is 0 Å². The first-order chi connectivity index (χ1) is 26.9. The van der Waals surface area contributed by atoms with E-state index in [9.17, 15) is 34.8 Å². The number of aliphatic hydroxyl groups excluding tert-OH is 5. The quantitative estimate of drug-likeness (QED) is 0.0762. The van der Waals surface area contributed by atoms with Gasteiger partial charge in [0.2, 0.25) is 12.6 Å². The fourth-order valence-corrected chi connectivity index (χ4v) is 10.3. The Morgan fingerprint density at radius 2 is 1.19 bits per heavy atom. The molecule has 5 heterocycles. The Morgan fingerprint density at radius 3 is 1.67 bits per heavy atom. The standard InChI is InChI=1S/C17H28O6Si.C11H14O6.C11H14O5/c1-16(2,3)24(5,6)23-15-13-10(7-12-17(13,9-18)22-12)11(8-21-15)14(19)20-4;1-15-9(13)6-3-16-10(14)8-5(6)2-7-11(8,4-12)17-7;1-15-10(13)8-5-16-11(14)9-6(4-12)2-3-7(8)9/h8,10,12-13,15,18H,7,9H2,1-6H3;3,5,7-8,10,12,14H,2,4H2,1H3;2,5,7,9,11-12,14H,3-4H2,1H3/t10-,12+,13-,15+,17+;5-,7+,8-,10-,11+;7-,9-,11-/m111/s1. The summed E-state index contributed by atoms with van der Waals surface area (Å²) in [6.45, 7) is 10.4. The van der Waals surface area contributed by atoms with Gasteiger partial charge in [-0.1, -0.05) is 26.8 Å². The van der Waals surface area contributed by atoms with E-state index in [0.29, 0.717) is 41.6 Å². The summed E-state index contributed by atoms with van der Waals surface area (Å²) in [5, 5.41) is 48.0. The van der Waals surface area contributed by atoms with Gasteiger partial charge in [-0.05, 0) is 43.0 Å². The molecule has 5 N–H and O–H groups in total. The number of allylic oxidation sites excluding steroid dienone is 1. The van der Waals surface area contributed by atoms with Gasteiger partial charge in [-0.2, -0.15) is 0 Å². The van der Waals surface area contributed by atoms with Crippen molar-refractivity contribution in [2.45, 2.75) is 100 Å². The summed E-state index contributed by atoms with van der Waals surface area (Å²) < 4.78 is 47.8. The van der Waals surface area contributed by atoms with Crippen LogP contribution in [0, 0.1) is 35.5 Å². The number of rotatable bonds is 8. The van der Waals surface area contributed by atoms with Crippen LogP contribution in [0.5, 0.6) is 0 Å². The van der Waals surface area contributed by atoms with Crippen LogP contribution in [0.2, 0.25) is 18.1 Å². The van der Waals surface area contributed by atoms with Crippen molar-refractivity contribution < 1.29 is 82.2 Å². The highest BCUT2D eigenvalue weighted by Crippen LogP contribution is 2.62. The van der Waals surface area contributed by atoms with Gasteiger partial charge >= 0.3 is 17.9 Å². The van der Waals surface area contributed by atoms with Crippen molar-refractivity contribution in [1.29, 1.82) is 0 Å². The predicted molar refractivity (Wildman–Crippen MR) is 197 cm³/mol. The maximum atomic E-state index is 12.1. The van der Waals surface area contributed by atoms with E-state index in [-0.39, 0.29) is 72.6 Å². The van der Waals surface area contributed by atoms with Crippen LogP contribution in [0.1, 0.15) is 40.0 Å². The summed E-state index contributed by atoms with van der Waals surface area (Å²) in [6.07, 6.45) is 5.03. The SMILES string of the molecule is COC(=O)C1=CO[C@@H](O)[C@@H]2C(CO)=CC[C@H]12.COC(=O)C1=CO[C@@H](O)[C@H]2[C@@H]1C[C@@H]1O[C@]21CO.COC(=O)C1=CO[C@@H](O[Si](C)(C)C(C)(C)C)[C@H]2[C@@H]1C[C@@H]1O[C@]21CO. The van der Waals surface area contributed by atoms with Crippen molar-refractivity contribution in [3.05, 3.63) is 47.2 Å². The van der Waals surface area contributed by atoms with Crippen LogP contribution < -0.4 is 0 Å². The number of ether oxygens (including phenoxy) is 8. The molecule has 0 radical (unpaired) electrons. The molecule has 18 heteroatoms. The normalized spacial score (nSPS) is 38.9. The first kappa shape index (κ1) is 43.3. The Labute approximate surface area is 332 Å². The van der Waals surface area contributed by atoms with Gasteiger partial charge in [-0.3, -0.25) is 0 Å². The van der Waals surface area contributed by atoms with Crippen LogP contribution in [0.25, 0.3) is 0 Å². The molecule has 3 aliphatic carbocycles. The zero-order valence-electron chi connectivity index (χ0n) is 33.5. The maximum Gasteiger partial charge on any atom is 0.337 e. The summed E-state index contributed by atoms with van der Waals surface area (Å²) in [6, 6.07) is 0. The second-order valence-electron chi connectivity index (χ2n) is 17.1. The van der Waals surface area contributed by atoms with E-state index in [0.717, 1.165) is 0 Å². The number of carbonyl (C=O) groups excluding carboxylic acids is 3. The fourth-order valence-electron chi connectivity index (χ4n) is 9.12. The van der Waals surface area contributed by atoms with Crippen LogP contribution in [-0.2, 0) is 56.7 Å². The van der Waals surface area contributed by atoms with Crippen molar-refractivity contribution in [2.24, 2.45) is 35.5 Å². The van der Waals surface area contributed by atoms with Gasteiger partial charge in [0.15, 0.2) is 14.6 Å². The number of fused-ring (bicyclic) bond motifs is 7. The van der Waals surface area contributed by atoms with Gasteiger partial charge in [0, 0.05) is 17.8 Å². The van der Waals surface area contributed by atoms with Gasteiger partial charge in [-0.15, -0.1) is 0 Å². The highest BCUT2D eigenvalue weighted by Gasteiger charge is 2.74. The number of carbonyl (C=O) groups is 3. The molecular weight excluding hydrogens is 768 g/mol. The van der Waals surface area contributed by atoms with E-state index in [1.807, 2.05) is 6.08 Å². The number of hydrogen-bond acceptors (Lipinski definition) is 17. The number of epoxide rings is 2. The molecule has 2 saturated heterocycles. The molecule has 0 aromatic heterocycles. The van der Waals surface area contributed by atoms with Gasteiger partial charge in [0.05, 0.1) is 107 Å². The Kier molecular flexibility index (Phi) is 12.2. The number of esters is 3. The van der Waals surface area contributed by atoms with Gasteiger partial charge in [0.25, 0.3) is 0 Å². The molecule has 8 rings (SSSR count). The average Bonchev–Trinajstić information content (AvgIpc) is 3.90. The lowest BCUT2D eigenvalue weighted by molar-refractivity contribution is -0.153. The Hall–Kier alpha value is -3.33. The summed E-state index contributed by atoms with van der Waals surface area (Å²) in [7, 11) is 1.90. The highest BCUT2D eigenvalue weighted by molar-refractivity contribution is 6.74. The van der Waals surface area contributed by atoms with E-state index < -0.39 is 56.2 Å². The van der Waals surface area contributed by atoms with E-state index in [2.05, 4.69) is 43.3 Å². The third kappa shape index (κ3) is 7.46. The van der Waals surface area contributed by atoms with Crippen LogP contribution in [0.15, 0.2) is 47.2 Å². The molecule has 0 bridgehead atoms. The van der Waals surface area contributed by atoms with Gasteiger partial charge in [0.1, 0.15) is 11.2 Å². The molecule has 5 aliphatic heterocycles. The van der Waals surface area contributed by atoms with E-state index >= 15 is 0 Å². The molecule has 318 valence electrons. The van der Waals surface area contributed by atoms with Crippen molar-refractivity contribution in [1.82, 2.24) is 0 Å². The molecular formula is C39H56O17Si. The lowest BCUT2D eigenvalue weighted by Crippen LogP contribution is -2.52. The molecule has 0 aromatic carbocycles. The largest absolute Gasteiger partial charge is 0.473 e. The Morgan fingerprint density at radius 1 is 0.737 bits per heavy atom. The summed E-state index contributed by atoms with van der Waals surface area (Å²) in [4.78, 5) is 35.1. The average molecular weight is 825 g/mol. The lowest BCUT2D eigenvalue weighted by Gasteiger charge is -2.44. The Balaban J connectivity index is 0.000000149. The van der Waals surface area contributed by atoms with Gasteiger partial charge < -0.3 is 67.9 Å². The third-order valence-electron chi connectivity index (χ3n) is 13.4. The number of aliphatic hydroxyl groups is 5. The van der Waals surface area contributed by atoms with Crippen LogP contribution >= 0.6 is 0 Å². The predicted octanol–water partition coefficient (Wildman–Crippen LogP) is 1.29. The first-order valence-electron chi connectivity index (χ1n) is 19.1. The fraction of sp³-hybridized carbons (Fsp3) is 0.718. The van der Waals surface area contributed by atoms with Crippen LogP contribution in [0.3, 0.4) is 0 Å². The minimum atomic E-state index is -2.07. The summed E-state index contributed by atoms with van der Waals surface area (Å²) in [5.41, 5.74) is 0.667. The lowest BCUT2D eigenvalue weighted by atomic mass is 9.82. The van der Waals surface area contributed by atoms with Crippen LogP contribution in [-0.4, -0.2) is 135 Å². The zero-order chi connectivity index (χ0) is 41.8. The van der Waals surface area contributed by atoms with E-state index in [1.54, 1.807) is 0 Å². The Bertz CT molecular complexity index is 1690.